The van der Waals surface area contributed by atoms with E-state index in [0.717, 1.165) is 12.8 Å². The lowest BCUT2D eigenvalue weighted by molar-refractivity contribution is -0.285. The van der Waals surface area contributed by atoms with E-state index in [0.29, 0.717) is 19.1 Å². The first-order chi connectivity index (χ1) is 10.3. The topological polar surface area (TPSA) is 91.3 Å². The SMILES string of the molecule is CC(=O)O[C@@]1(C=O)CCCC[C@]12OC(O)[C@@H]1OC(C)(C)O[C@@H]12. The molecule has 0 aromatic carbocycles. The first-order valence-corrected chi connectivity index (χ1v) is 7.63. The highest BCUT2D eigenvalue weighted by atomic mass is 16.8. The van der Waals surface area contributed by atoms with Crippen molar-refractivity contribution in [2.45, 2.75) is 81.9 Å². The molecular weight excluding hydrogens is 292 g/mol. The number of aliphatic hydroxyl groups is 1. The number of ether oxygens (including phenoxy) is 4. The van der Waals surface area contributed by atoms with E-state index in [2.05, 4.69) is 0 Å². The molecule has 0 aromatic heterocycles. The third-order valence-electron chi connectivity index (χ3n) is 4.78. The van der Waals surface area contributed by atoms with E-state index in [4.69, 9.17) is 18.9 Å². The summed E-state index contributed by atoms with van der Waals surface area (Å²) in [5.74, 6) is -1.46. The predicted molar refractivity (Wildman–Crippen MR) is 72.7 cm³/mol. The van der Waals surface area contributed by atoms with Crippen LogP contribution in [0, 0.1) is 0 Å². The summed E-state index contributed by atoms with van der Waals surface area (Å²) in [6.45, 7) is 4.73. The fourth-order valence-corrected chi connectivity index (χ4v) is 4.02. The van der Waals surface area contributed by atoms with E-state index in [-0.39, 0.29) is 0 Å². The fourth-order valence-electron chi connectivity index (χ4n) is 4.02. The number of rotatable bonds is 2. The molecule has 7 heteroatoms. The van der Waals surface area contributed by atoms with Gasteiger partial charge in [-0.25, -0.2) is 0 Å². The average Bonchev–Trinajstić information content (AvgIpc) is 2.87. The molecule has 2 aliphatic heterocycles. The van der Waals surface area contributed by atoms with Crippen LogP contribution in [0.5, 0.6) is 0 Å². The molecule has 0 radical (unpaired) electrons. The van der Waals surface area contributed by atoms with E-state index < -0.39 is 41.5 Å². The second-order valence-electron chi connectivity index (χ2n) is 6.73. The number of esters is 1. The summed E-state index contributed by atoms with van der Waals surface area (Å²) in [5, 5.41) is 10.2. The molecule has 3 aliphatic rings. The van der Waals surface area contributed by atoms with Crippen LogP contribution in [-0.4, -0.2) is 52.8 Å². The third-order valence-corrected chi connectivity index (χ3v) is 4.78. The first kappa shape index (κ1) is 15.9. The molecule has 1 N–H and O–H groups in total. The van der Waals surface area contributed by atoms with Crippen molar-refractivity contribution in [3.63, 3.8) is 0 Å². The Balaban J connectivity index is 2.04. The summed E-state index contributed by atoms with van der Waals surface area (Å²) in [6.07, 6.45) is 0.347. The number of carbonyl (C=O) groups is 2. The van der Waals surface area contributed by atoms with Gasteiger partial charge in [0.2, 0.25) is 0 Å². The van der Waals surface area contributed by atoms with Crippen molar-refractivity contribution in [1.82, 2.24) is 0 Å². The van der Waals surface area contributed by atoms with E-state index in [1.54, 1.807) is 13.8 Å². The van der Waals surface area contributed by atoms with Crippen molar-refractivity contribution < 1.29 is 33.6 Å². The predicted octanol–water partition coefficient (Wildman–Crippen LogP) is 0.669. The van der Waals surface area contributed by atoms with Gasteiger partial charge in [0.15, 0.2) is 24.0 Å². The Morgan fingerprint density at radius 3 is 2.55 bits per heavy atom. The zero-order valence-electron chi connectivity index (χ0n) is 13.0. The number of fused-ring (bicyclic) bond motifs is 2. The second kappa shape index (κ2) is 4.99. The number of aldehydes is 1. The normalized spacial score (nSPS) is 46.5. The van der Waals surface area contributed by atoms with Gasteiger partial charge < -0.3 is 24.1 Å². The molecule has 1 aliphatic carbocycles. The summed E-state index contributed by atoms with van der Waals surface area (Å²) < 4.78 is 22.8. The number of hydrogen-bond donors (Lipinski definition) is 1. The highest BCUT2D eigenvalue weighted by molar-refractivity contribution is 5.75. The third kappa shape index (κ3) is 2.11. The maximum absolute atomic E-state index is 11.9. The van der Waals surface area contributed by atoms with Gasteiger partial charge in [0.1, 0.15) is 17.8 Å². The lowest BCUT2D eigenvalue weighted by Crippen LogP contribution is -2.65. The first-order valence-electron chi connectivity index (χ1n) is 7.63. The van der Waals surface area contributed by atoms with Gasteiger partial charge in [0, 0.05) is 6.92 Å². The lowest BCUT2D eigenvalue weighted by Gasteiger charge is -2.48. The molecule has 0 amide bonds. The van der Waals surface area contributed by atoms with Crippen molar-refractivity contribution in [3.8, 4) is 0 Å². The monoisotopic (exact) mass is 314 g/mol. The molecule has 7 nitrogen and oxygen atoms in total. The summed E-state index contributed by atoms with van der Waals surface area (Å²) in [4.78, 5) is 23.4. The van der Waals surface area contributed by atoms with Gasteiger partial charge in [-0.15, -0.1) is 0 Å². The van der Waals surface area contributed by atoms with Gasteiger partial charge in [-0.1, -0.05) is 6.42 Å². The highest BCUT2D eigenvalue weighted by Crippen LogP contribution is 2.54. The van der Waals surface area contributed by atoms with Gasteiger partial charge in [-0.05, 0) is 33.1 Å². The molecule has 22 heavy (non-hydrogen) atoms. The molecule has 3 rings (SSSR count). The Morgan fingerprint density at radius 2 is 1.91 bits per heavy atom. The summed E-state index contributed by atoms with van der Waals surface area (Å²) in [5.41, 5.74) is -2.67. The highest BCUT2D eigenvalue weighted by Gasteiger charge is 2.72. The summed E-state index contributed by atoms with van der Waals surface area (Å²) >= 11 is 0. The number of carbonyl (C=O) groups excluding carboxylic acids is 2. The van der Waals surface area contributed by atoms with Gasteiger partial charge in [0.25, 0.3) is 0 Å². The zero-order valence-corrected chi connectivity index (χ0v) is 13.0. The van der Waals surface area contributed by atoms with Crippen molar-refractivity contribution in [2.24, 2.45) is 0 Å². The van der Waals surface area contributed by atoms with Crippen LogP contribution < -0.4 is 0 Å². The van der Waals surface area contributed by atoms with E-state index in [1.165, 1.54) is 6.92 Å². The van der Waals surface area contributed by atoms with E-state index in [1.807, 2.05) is 0 Å². The summed E-state index contributed by atoms with van der Waals surface area (Å²) in [7, 11) is 0. The molecule has 1 spiro atoms. The zero-order chi connectivity index (χ0) is 16.2. The lowest BCUT2D eigenvalue weighted by atomic mass is 9.69. The molecule has 124 valence electrons. The molecule has 1 saturated carbocycles. The molecule has 0 bridgehead atoms. The molecule has 3 fully saturated rings. The van der Waals surface area contributed by atoms with Gasteiger partial charge in [-0.3, -0.25) is 9.59 Å². The second-order valence-corrected chi connectivity index (χ2v) is 6.73. The van der Waals surface area contributed by atoms with E-state index in [9.17, 15) is 14.7 Å². The average molecular weight is 314 g/mol. The molecule has 1 unspecified atom stereocenters. The Bertz CT molecular complexity index is 490. The molecule has 0 aromatic rings. The van der Waals surface area contributed by atoms with Crippen LogP contribution in [0.4, 0.5) is 0 Å². The van der Waals surface area contributed by atoms with Crippen LogP contribution in [0.1, 0.15) is 46.5 Å². The molecule has 2 saturated heterocycles. The maximum atomic E-state index is 11.9. The minimum Gasteiger partial charge on any atom is -0.448 e. The van der Waals surface area contributed by atoms with Crippen molar-refractivity contribution >= 4 is 12.3 Å². The maximum Gasteiger partial charge on any atom is 0.303 e. The quantitative estimate of drug-likeness (QED) is 0.591. The Hall–Kier alpha value is -1.02. The van der Waals surface area contributed by atoms with Crippen LogP contribution in [-0.2, 0) is 28.5 Å². The van der Waals surface area contributed by atoms with Crippen LogP contribution in [0.2, 0.25) is 0 Å². The molecule has 5 atom stereocenters. The molecular formula is C15H22O7. The standard InChI is InChI=1S/C15H22O7/c1-9(17)19-14(8-16)6-4-5-7-15(14)11-10(12(18)22-15)20-13(2,3)21-11/h8,10-12,18H,4-7H2,1-3H3/t10-,11+,12?,14-,15-/m1/s1. The Morgan fingerprint density at radius 1 is 1.23 bits per heavy atom. The van der Waals surface area contributed by atoms with Crippen LogP contribution in [0.15, 0.2) is 0 Å². The van der Waals surface area contributed by atoms with Gasteiger partial charge >= 0.3 is 5.97 Å². The summed E-state index contributed by atoms with van der Waals surface area (Å²) in [6, 6.07) is 0. The minimum absolute atomic E-state index is 0.343. The number of aliphatic hydroxyl groups excluding tert-OH is 1. The smallest absolute Gasteiger partial charge is 0.303 e. The fraction of sp³-hybridized carbons (Fsp3) is 0.867. The van der Waals surface area contributed by atoms with Crippen molar-refractivity contribution in [1.29, 1.82) is 0 Å². The van der Waals surface area contributed by atoms with Crippen LogP contribution >= 0.6 is 0 Å². The number of hydrogen-bond acceptors (Lipinski definition) is 7. The van der Waals surface area contributed by atoms with Crippen molar-refractivity contribution in [2.75, 3.05) is 0 Å². The minimum atomic E-state index is -1.46. The van der Waals surface area contributed by atoms with Crippen LogP contribution in [0.25, 0.3) is 0 Å². The van der Waals surface area contributed by atoms with Gasteiger partial charge in [0.05, 0.1) is 0 Å². The van der Waals surface area contributed by atoms with Crippen LogP contribution in [0.3, 0.4) is 0 Å². The van der Waals surface area contributed by atoms with Crippen molar-refractivity contribution in [3.05, 3.63) is 0 Å². The van der Waals surface area contributed by atoms with Gasteiger partial charge in [-0.2, -0.15) is 0 Å². The van der Waals surface area contributed by atoms with E-state index >= 15 is 0 Å². The largest absolute Gasteiger partial charge is 0.448 e. The Labute approximate surface area is 128 Å². The Kier molecular flexibility index (Phi) is 3.60. The molecule has 2 heterocycles.